The van der Waals surface area contributed by atoms with Crippen molar-refractivity contribution in [2.24, 2.45) is 0 Å². The molecule has 4 aromatic rings. The normalized spacial score (nSPS) is 10.3. The zero-order valence-corrected chi connectivity index (χ0v) is 19.8. The molecule has 0 aliphatic carbocycles. The van der Waals surface area contributed by atoms with Gasteiger partial charge < -0.3 is 14.8 Å². The molecule has 3 aromatic carbocycles. The highest BCUT2D eigenvalue weighted by molar-refractivity contribution is 6.31. The number of benzene rings is 3. The molecule has 4 rings (SSSR count). The molecule has 0 aliphatic rings. The predicted molar refractivity (Wildman–Crippen MR) is 133 cm³/mol. The Morgan fingerprint density at radius 3 is 2.64 bits per heavy atom. The highest BCUT2D eigenvalue weighted by Gasteiger charge is 2.13. The van der Waals surface area contributed by atoms with Gasteiger partial charge in [-0.15, -0.1) is 0 Å². The second kappa shape index (κ2) is 11.4. The van der Waals surface area contributed by atoms with Crippen molar-refractivity contribution in [1.29, 1.82) is 0 Å². The van der Waals surface area contributed by atoms with Gasteiger partial charge in [0.1, 0.15) is 23.7 Å². The summed E-state index contributed by atoms with van der Waals surface area (Å²) >= 11 is 5.90. The quantitative estimate of drug-likeness (QED) is 0.170. The van der Waals surface area contributed by atoms with Crippen molar-refractivity contribution in [3.05, 3.63) is 77.3 Å². The number of methoxy groups -OCH3 is 1. The van der Waals surface area contributed by atoms with Crippen LogP contribution in [0.15, 0.2) is 60.9 Å². The number of fused-ring (bicyclic) bond motifs is 1. The molecule has 0 atom stereocenters. The fourth-order valence-corrected chi connectivity index (χ4v) is 3.42. The van der Waals surface area contributed by atoms with E-state index in [0.29, 0.717) is 46.1 Å². The number of hydroxylamine groups is 1. The van der Waals surface area contributed by atoms with Crippen molar-refractivity contribution in [2.45, 2.75) is 12.8 Å². The number of aromatic nitrogens is 2. The lowest BCUT2D eigenvalue weighted by atomic mass is 10.2. The first-order valence-electron chi connectivity index (χ1n) is 10.7. The molecular formula is C26H20ClFN4O4. The van der Waals surface area contributed by atoms with Gasteiger partial charge in [-0.3, -0.25) is 10.0 Å². The van der Waals surface area contributed by atoms with Crippen LogP contribution in [0, 0.1) is 17.7 Å². The van der Waals surface area contributed by atoms with Gasteiger partial charge in [0.25, 0.3) is 0 Å². The van der Waals surface area contributed by atoms with Crippen LogP contribution in [0.3, 0.4) is 0 Å². The summed E-state index contributed by atoms with van der Waals surface area (Å²) in [5.74, 6) is 6.77. The molecule has 3 N–H and O–H groups in total. The largest absolute Gasteiger partial charge is 0.493 e. The van der Waals surface area contributed by atoms with Gasteiger partial charge in [0.2, 0.25) is 5.91 Å². The monoisotopic (exact) mass is 506 g/mol. The number of carbonyl (C=O) groups is 1. The van der Waals surface area contributed by atoms with Crippen LogP contribution in [-0.4, -0.2) is 28.2 Å². The van der Waals surface area contributed by atoms with Crippen molar-refractivity contribution >= 4 is 39.9 Å². The molecule has 1 aromatic heterocycles. The third kappa shape index (κ3) is 5.99. The molecule has 0 saturated carbocycles. The van der Waals surface area contributed by atoms with Crippen molar-refractivity contribution in [2.75, 3.05) is 12.4 Å². The summed E-state index contributed by atoms with van der Waals surface area (Å²) in [6, 6.07) is 14.9. The lowest BCUT2D eigenvalue weighted by Gasteiger charge is -2.14. The van der Waals surface area contributed by atoms with E-state index >= 15 is 0 Å². The zero-order chi connectivity index (χ0) is 25.5. The topological polar surface area (TPSA) is 106 Å². The van der Waals surface area contributed by atoms with Crippen LogP contribution in [0.4, 0.5) is 15.9 Å². The van der Waals surface area contributed by atoms with Gasteiger partial charge in [-0.1, -0.05) is 23.4 Å². The average Bonchev–Trinajstić information content (AvgIpc) is 2.89. The molecule has 8 nitrogen and oxygen atoms in total. The molecule has 182 valence electrons. The molecule has 0 unspecified atom stereocenters. The fraction of sp³-hybridized carbons (Fsp3) is 0.115. The lowest BCUT2D eigenvalue weighted by molar-refractivity contribution is -0.129. The van der Waals surface area contributed by atoms with Gasteiger partial charge >= 0.3 is 0 Å². The summed E-state index contributed by atoms with van der Waals surface area (Å²) in [6.45, 7) is 0. The van der Waals surface area contributed by atoms with E-state index in [9.17, 15) is 9.18 Å². The number of carbonyl (C=O) groups excluding carboxylic acids is 1. The van der Waals surface area contributed by atoms with E-state index in [2.05, 4.69) is 27.1 Å². The van der Waals surface area contributed by atoms with E-state index in [4.69, 9.17) is 26.3 Å². The van der Waals surface area contributed by atoms with Crippen molar-refractivity contribution in [3.8, 4) is 29.1 Å². The highest BCUT2D eigenvalue weighted by Crippen LogP contribution is 2.37. The van der Waals surface area contributed by atoms with Crippen molar-refractivity contribution < 1.29 is 23.9 Å². The Morgan fingerprint density at radius 1 is 1.11 bits per heavy atom. The molecule has 0 bridgehead atoms. The predicted octanol–water partition coefficient (Wildman–Crippen LogP) is 5.60. The number of hydrogen-bond donors (Lipinski definition) is 3. The molecule has 0 fully saturated rings. The fourth-order valence-electron chi connectivity index (χ4n) is 3.24. The van der Waals surface area contributed by atoms with Crippen LogP contribution >= 0.6 is 11.6 Å². The Kier molecular flexibility index (Phi) is 7.80. The molecule has 0 saturated heterocycles. The summed E-state index contributed by atoms with van der Waals surface area (Å²) in [5, 5.41) is 12.3. The van der Waals surface area contributed by atoms with Gasteiger partial charge in [-0.25, -0.2) is 19.8 Å². The number of amides is 1. The first kappa shape index (κ1) is 24.7. The van der Waals surface area contributed by atoms with E-state index in [-0.39, 0.29) is 11.4 Å². The van der Waals surface area contributed by atoms with Crippen molar-refractivity contribution in [3.63, 3.8) is 0 Å². The SMILES string of the molecule is COc1cc2ncnc(Nc3ccc(F)c(Cl)c3)c2cc1Oc1ccc(C#CCCC(=O)NO)cc1. The molecule has 0 radical (unpaired) electrons. The summed E-state index contributed by atoms with van der Waals surface area (Å²) in [5.41, 5.74) is 3.49. The Hall–Kier alpha value is -4.39. The standard InChI is InChI=1S/C26H20ClFN4O4/c1-35-23-14-22-19(26(30-15-29-22)31-17-8-11-21(28)20(27)12-17)13-24(23)36-18-9-6-16(7-10-18)4-2-3-5-25(33)32-34/h6-15,34H,3,5H2,1H3,(H,32,33)(H,29,30,31). The van der Waals surface area contributed by atoms with E-state index in [1.54, 1.807) is 47.9 Å². The van der Waals surface area contributed by atoms with E-state index < -0.39 is 11.7 Å². The molecule has 1 amide bonds. The Morgan fingerprint density at radius 2 is 1.92 bits per heavy atom. The number of nitrogens with zero attached hydrogens (tertiary/aromatic N) is 2. The van der Waals surface area contributed by atoms with Crippen LogP contribution in [0.25, 0.3) is 10.9 Å². The Balaban J connectivity index is 1.57. The van der Waals surface area contributed by atoms with E-state index in [1.807, 2.05) is 0 Å². The maximum absolute atomic E-state index is 13.5. The summed E-state index contributed by atoms with van der Waals surface area (Å²) < 4.78 is 25.1. The molecule has 0 aliphatic heterocycles. The smallest absolute Gasteiger partial charge is 0.244 e. The van der Waals surface area contributed by atoms with Gasteiger partial charge in [-0.2, -0.15) is 0 Å². The highest BCUT2D eigenvalue weighted by atomic mass is 35.5. The second-order valence-electron chi connectivity index (χ2n) is 7.46. The number of nitrogens with one attached hydrogen (secondary N) is 2. The van der Waals surface area contributed by atoms with Crippen LogP contribution in [0.5, 0.6) is 17.2 Å². The number of ether oxygens (including phenoxy) is 2. The van der Waals surface area contributed by atoms with Gasteiger partial charge in [-0.05, 0) is 48.5 Å². The van der Waals surface area contributed by atoms with Crippen LogP contribution < -0.4 is 20.3 Å². The van der Waals surface area contributed by atoms with Gasteiger partial charge in [0.05, 0.1) is 17.6 Å². The lowest BCUT2D eigenvalue weighted by Crippen LogP contribution is -2.17. The van der Waals surface area contributed by atoms with Gasteiger partial charge in [0, 0.05) is 35.5 Å². The number of rotatable bonds is 7. The number of anilines is 2. The molecule has 36 heavy (non-hydrogen) atoms. The minimum absolute atomic E-state index is 0.00662. The molecule has 0 spiro atoms. The van der Waals surface area contributed by atoms with E-state index in [0.717, 1.165) is 5.56 Å². The second-order valence-corrected chi connectivity index (χ2v) is 7.87. The van der Waals surface area contributed by atoms with Crippen LogP contribution in [0.1, 0.15) is 18.4 Å². The summed E-state index contributed by atoms with van der Waals surface area (Å²) in [4.78, 5) is 19.6. The van der Waals surface area contributed by atoms with E-state index in [1.165, 1.54) is 25.6 Å². The third-order valence-corrected chi connectivity index (χ3v) is 5.31. The number of halogens is 2. The Labute approximate surface area is 211 Å². The van der Waals surface area contributed by atoms with Crippen molar-refractivity contribution in [1.82, 2.24) is 15.4 Å². The maximum Gasteiger partial charge on any atom is 0.244 e. The maximum atomic E-state index is 13.5. The minimum Gasteiger partial charge on any atom is -0.493 e. The van der Waals surface area contributed by atoms with Crippen LogP contribution in [-0.2, 0) is 4.79 Å². The van der Waals surface area contributed by atoms with Gasteiger partial charge in [0.15, 0.2) is 11.5 Å². The molecule has 10 heteroatoms. The zero-order valence-electron chi connectivity index (χ0n) is 19.0. The molecule has 1 heterocycles. The Bertz CT molecular complexity index is 1470. The molecular weight excluding hydrogens is 487 g/mol. The van der Waals surface area contributed by atoms with Crippen LogP contribution in [0.2, 0.25) is 5.02 Å². The summed E-state index contributed by atoms with van der Waals surface area (Å²) in [6.07, 6.45) is 1.84. The first-order valence-corrected chi connectivity index (χ1v) is 11.1. The summed E-state index contributed by atoms with van der Waals surface area (Å²) in [7, 11) is 1.53. The number of hydrogen-bond acceptors (Lipinski definition) is 7. The minimum atomic E-state index is -0.513. The average molecular weight is 507 g/mol. The first-order chi connectivity index (χ1) is 17.5. The third-order valence-electron chi connectivity index (χ3n) is 5.02.